The zero-order valence-electron chi connectivity index (χ0n) is 8.45. The highest BCUT2D eigenvalue weighted by atomic mass is 35.5. The lowest BCUT2D eigenvalue weighted by molar-refractivity contribution is 0.181. The first-order chi connectivity index (χ1) is 6.74. The van der Waals surface area contributed by atoms with E-state index in [-0.39, 0.29) is 0 Å². The van der Waals surface area contributed by atoms with Gasteiger partial charge < -0.3 is 0 Å². The van der Waals surface area contributed by atoms with E-state index in [0.717, 1.165) is 19.0 Å². The number of nitrogens with zero attached hydrogens (tertiary/aromatic N) is 1. The summed E-state index contributed by atoms with van der Waals surface area (Å²) in [6.07, 6.45) is 1.17. The number of piperidine rings is 1. The van der Waals surface area contributed by atoms with E-state index in [4.69, 9.17) is 11.6 Å². The molecule has 78 valence electrons. The van der Waals surface area contributed by atoms with Gasteiger partial charge in [0.05, 0.1) is 0 Å². The van der Waals surface area contributed by atoms with Crippen molar-refractivity contribution in [1.29, 1.82) is 0 Å². The molecular weight excluding hydrogens is 214 g/mol. The number of thiophene rings is 1. The van der Waals surface area contributed by atoms with E-state index in [0.29, 0.717) is 5.38 Å². The van der Waals surface area contributed by atoms with Crippen molar-refractivity contribution in [1.82, 2.24) is 4.90 Å². The van der Waals surface area contributed by atoms with Gasteiger partial charge >= 0.3 is 0 Å². The van der Waals surface area contributed by atoms with Crippen LogP contribution in [0, 0.1) is 5.92 Å². The smallest absolute Gasteiger partial charge is 0.0466 e. The lowest BCUT2D eigenvalue weighted by atomic mass is 10.00. The maximum Gasteiger partial charge on any atom is 0.0466 e. The van der Waals surface area contributed by atoms with E-state index in [1.807, 2.05) is 11.3 Å². The predicted octanol–water partition coefficient (Wildman–Crippen LogP) is 3.20. The summed E-state index contributed by atoms with van der Waals surface area (Å²) in [4.78, 5) is 3.92. The maximum atomic E-state index is 6.21. The third-order valence-electron chi connectivity index (χ3n) is 2.64. The van der Waals surface area contributed by atoms with Crippen LogP contribution in [0.5, 0.6) is 0 Å². The van der Waals surface area contributed by atoms with Crippen molar-refractivity contribution < 1.29 is 0 Å². The summed E-state index contributed by atoms with van der Waals surface area (Å²) in [5.41, 5.74) is 0. The Labute approximate surface area is 94.7 Å². The van der Waals surface area contributed by atoms with Gasteiger partial charge in [0.1, 0.15) is 0 Å². The first-order valence-electron chi connectivity index (χ1n) is 5.13. The van der Waals surface area contributed by atoms with Crippen molar-refractivity contribution in [2.75, 3.05) is 13.1 Å². The lowest BCUT2D eigenvalue weighted by Crippen LogP contribution is -2.39. The molecule has 1 nitrogen and oxygen atoms in total. The molecule has 1 saturated heterocycles. The molecule has 0 saturated carbocycles. The third-order valence-corrected chi connectivity index (χ3v) is 3.82. The Morgan fingerprint density at radius 1 is 1.57 bits per heavy atom. The number of halogens is 1. The van der Waals surface area contributed by atoms with Crippen molar-refractivity contribution in [2.45, 2.75) is 25.3 Å². The molecule has 1 aliphatic heterocycles. The van der Waals surface area contributed by atoms with Crippen molar-refractivity contribution >= 4 is 22.9 Å². The first kappa shape index (κ1) is 10.5. The second kappa shape index (κ2) is 4.65. The minimum Gasteiger partial charge on any atom is -0.297 e. The maximum absolute atomic E-state index is 6.21. The average molecular weight is 230 g/mol. The SMILES string of the molecule is CC1CC(Cl)CN(Cc2cccs2)C1. The van der Waals surface area contributed by atoms with Crippen molar-refractivity contribution in [2.24, 2.45) is 5.92 Å². The summed E-state index contributed by atoms with van der Waals surface area (Å²) >= 11 is 8.04. The Balaban J connectivity index is 1.91. The average Bonchev–Trinajstić information content (AvgIpc) is 2.54. The van der Waals surface area contributed by atoms with Gasteiger partial charge in [-0.2, -0.15) is 0 Å². The molecule has 1 aromatic heterocycles. The molecule has 0 N–H and O–H groups in total. The molecule has 14 heavy (non-hydrogen) atoms. The number of likely N-dealkylation sites (tertiary alicyclic amines) is 1. The molecule has 1 aliphatic rings. The fraction of sp³-hybridized carbons (Fsp3) is 0.636. The van der Waals surface area contributed by atoms with Gasteiger partial charge in [-0.05, 0) is 23.8 Å². The Morgan fingerprint density at radius 2 is 2.43 bits per heavy atom. The van der Waals surface area contributed by atoms with E-state index in [1.54, 1.807) is 0 Å². The van der Waals surface area contributed by atoms with E-state index < -0.39 is 0 Å². The number of hydrogen-bond donors (Lipinski definition) is 0. The lowest BCUT2D eigenvalue weighted by Gasteiger charge is -2.33. The number of alkyl halides is 1. The van der Waals surface area contributed by atoms with E-state index in [2.05, 4.69) is 29.3 Å². The normalized spacial score (nSPS) is 29.3. The minimum absolute atomic E-state index is 0.346. The highest BCUT2D eigenvalue weighted by Gasteiger charge is 2.22. The van der Waals surface area contributed by atoms with Crippen LogP contribution in [-0.2, 0) is 6.54 Å². The summed E-state index contributed by atoms with van der Waals surface area (Å²) in [7, 11) is 0. The first-order valence-corrected chi connectivity index (χ1v) is 6.44. The molecule has 0 aromatic carbocycles. The predicted molar refractivity (Wildman–Crippen MR) is 63.0 cm³/mol. The van der Waals surface area contributed by atoms with Gasteiger partial charge in [-0.1, -0.05) is 13.0 Å². The molecule has 3 heteroatoms. The van der Waals surface area contributed by atoms with Gasteiger partial charge in [0.25, 0.3) is 0 Å². The van der Waals surface area contributed by atoms with Gasteiger partial charge in [-0.15, -0.1) is 22.9 Å². The van der Waals surface area contributed by atoms with E-state index in [1.165, 1.54) is 17.8 Å². The molecule has 0 radical (unpaired) electrons. The topological polar surface area (TPSA) is 3.24 Å². The Bertz CT molecular complexity index is 263. The highest BCUT2D eigenvalue weighted by molar-refractivity contribution is 7.09. The summed E-state index contributed by atoms with van der Waals surface area (Å²) in [5, 5.41) is 2.49. The van der Waals surface area contributed by atoms with Crippen LogP contribution in [-0.4, -0.2) is 23.4 Å². The van der Waals surface area contributed by atoms with Gasteiger partial charge in [-0.3, -0.25) is 4.90 Å². The van der Waals surface area contributed by atoms with Gasteiger partial charge in [0.2, 0.25) is 0 Å². The van der Waals surface area contributed by atoms with Crippen LogP contribution in [0.25, 0.3) is 0 Å². The second-order valence-corrected chi connectivity index (χ2v) is 5.86. The third kappa shape index (κ3) is 2.72. The summed E-state index contributed by atoms with van der Waals surface area (Å²) in [6.45, 7) is 5.60. The highest BCUT2D eigenvalue weighted by Crippen LogP contribution is 2.22. The van der Waals surface area contributed by atoms with Gasteiger partial charge in [0, 0.05) is 29.9 Å². The van der Waals surface area contributed by atoms with Crippen molar-refractivity contribution in [3.8, 4) is 0 Å². The van der Waals surface area contributed by atoms with Crippen LogP contribution in [0.3, 0.4) is 0 Å². The molecule has 1 aromatic rings. The van der Waals surface area contributed by atoms with Crippen LogP contribution in [0.15, 0.2) is 17.5 Å². The molecule has 0 spiro atoms. The second-order valence-electron chi connectivity index (χ2n) is 4.21. The van der Waals surface area contributed by atoms with Crippen LogP contribution < -0.4 is 0 Å². The van der Waals surface area contributed by atoms with Gasteiger partial charge in [-0.25, -0.2) is 0 Å². The molecule has 0 bridgehead atoms. The van der Waals surface area contributed by atoms with E-state index >= 15 is 0 Å². The largest absolute Gasteiger partial charge is 0.297 e. The summed E-state index contributed by atoms with van der Waals surface area (Å²) in [6, 6.07) is 4.32. The van der Waals surface area contributed by atoms with Crippen LogP contribution in [0.4, 0.5) is 0 Å². The monoisotopic (exact) mass is 229 g/mol. The fourth-order valence-corrected chi connectivity index (χ4v) is 3.38. The molecule has 2 heterocycles. The molecule has 0 aliphatic carbocycles. The Kier molecular flexibility index (Phi) is 3.47. The Hall–Kier alpha value is -0.0500. The number of rotatable bonds is 2. The minimum atomic E-state index is 0.346. The molecule has 2 unspecified atom stereocenters. The van der Waals surface area contributed by atoms with Crippen LogP contribution in [0.2, 0.25) is 0 Å². The molecule has 1 fully saturated rings. The standard InChI is InChI=1S/C11H16ClNS/c1-9-5-10(12)7-13(6-9)8-11-3-2-4-14-11/h2-4,9-10H,5-8H2,1H3. The number of hydrogen-bond acceptors (Lipinski definition) is 2. The zero-order chi connectivity index (χ0) is 9.97. The van der Waals surface area contributed by atoms with Crippen molar-refractivity contribution in [3.63, 3.8) is 0 Å². The van der Waals surface area contributed by atoms with Crippen molar-refractivity contribution in [3.05, 3.63) is 22.4 Å². The zero-order valence-corrected chi connectivity index (χ0v) is 10.0. The Morgan fingerprint density at radius 3 is 3.07 bits per heavy atom. The summed E-state index contributed by atoms with van der Waals surface area (Å²) in [5.74, 6) is 0.742. The molecular formula is C11H16ClNS. The molecule has 0 amide bonds. The fourth-order valence-electron chi connectivity index (χ4n) is 2.13. The van der Waals surface area contributed by atoms with Crippen LogP contribution >= 0.6 is 22.9 Å². The van der Waals surface area contributed by atoms with Gasteiger partial charge in [0.15, 0.2) is 0 Å². The van der Waals surface area contributed by atoms with Crippen LogP contribution in [0.1, 0.15) is 18.2 Å². The molecule has 2 atom stereocenters. The quantitative estimate of drug-likeness (QED) is 0.704. The molecule has 2 rings (SSSR count). The van der Waals surface area contributed by atoms with E-state index in [9.17, 15) is 0 Å². The summed E-state index contributed by atoms with van der Waals surface area (Å²) < 4.78 is 0.